The highest BCUT2D eigenvalue weighted by molar-refractivity contribution is 5.11. The van der Waals surface area contributed by atoms with E-state index in [-0.39, 0.29) is 0 Å². The summed E-state index contributed by atoms with van der Waals surface area (Å²) >= 11 is 0. The summed E-state index contributed by atoms with van der Waals surface area (Å²) in [5, 5.41) is 12.9. The Morgan fingerprint density at radius 1 is 1.75 bits per heavy atom. The number of nitrogens with zero attached hydrogens (tertiary/aromatic N) is 2. The zero-order valence-corrected chi connectivity index (χ0v) is 7.40. The normalized spacial score (nSPS) is 12.9. The summed E-state index contributed by atoms with van der Waals surface area (Å²) in [5.41, 5.74) is 0. The maximum atomic E-state index is 8.93. The van der Waals surface area contributed by atoms with Gasteiger partial charge in [0.1, 0.15) is 6.61 Å². The van der Waals surface area contributed by atoms with Gasteiger partial charge in [0.15, 0.2) is 5.75 Å². The van der Waals surface area contributed by atoms with Crippen LogP contribution in [-0.4, -0.2) is 27.6 Å². The predicted molar refractivity (Wildman–Crippen MR) is 45.1 cm³/mol. The molecule has 1 aromatic rings. The summed E-state index contributed by atoms with van der Waals surface area (Å²) < 4.78 is 6.99. The van der Waals surface area contributed by atoms with E-state index in [9.17, 15) is 0 Å². The lowest BCUT2D eigenvalue weighted by Crippen LogP contribution is -2.12. The van der Waals surface area contributed by atoms with Crippen LogP contribution in [0.4, 0.5) is 0 Å². The Labute approximate surface area is 71.8 Å². The molecular weight excluding hydrogens is 156 g/mol. The predicted octanol–water partition coefficient (Wildman–Crippen LogP) is 0.663. The van der Waals surface area contributed by atoms with Crippen molar-refractivity contribution in [3.63, 3.8) is 0 Å². The second kappa shape index (κ2) is 4.11. The van der Waals surface area contributed by atoms with Gasteiger partial charge in [-0.3, -0.25) is 4.68 Å². The SMILES string of the molecule is CCn1cc(OCC(C)O)cn1. The molecule has 0 spiro atoms. The van der Waals surface area contributed by atoms with E-state index in [0.717, 1.165) is 6.54 Å². The number of hydrogen-bond acceptors (Lipinski definition) is 3. The van der Waals surface area contributed by atoms with E-state index < -0.39 is 6.10 Å². The van der Waals surface area contributed by atoms with Crippen LogP contribution in [0.5, 0.6) is 5.75 Å². The first kappa shape index (κ1) is 9.06. The minimum Gasteiger partial charge on any atom is -0.488 e. The van der Waals surface area contributed by atoms with Gasteiger partial charge in [0, 0.05) is 6.54 Å². The molecular formula is C8H14N2O2. The first-order valence-electron chi connectivity index (χ1n) is 4.05. The van der Waals surface area contributed by atoms with Crippen molar-refractivity contribution in [2.45, 2.75) is 26.5 Å². The number of aromatic nitrogens is 2. The van der Waals surface area contributed by atoms with Crippen LogP contribution >= 0.6 is 0 Å². The van der Waals surface area contributed by atoms with Gasteiger partial charge in [-0.15, -0.1) is 0 Å². The van der Waals surface area contributed by atoms with E-state index in [1.807, 2.05) is 13.1 Å². The Kier molecular flexibility index (Phi) is 3.10. The van der Waals surface area contributed by atoms with Crippen molar-refractivity contribution in [1.29, 1.82) is 0 Å². The molecule has 0 amide bonds. The molecule has 0 aliphatic carbocycles. The topological polar surface area (TPSA) is 47.3 Å². The molecule has 0 bridgehead atoms. The van der Waals surface area contributed by atoms with Gasteiger partial charge in [0.25, 0.3) is 0 Å². The van der Waals surface area contributed by atoms with Crippen molar-refractivity contribution >= 4 is 0 Å². The second-order valence-electron chi connectivity index (χ2n) is 2.69. The van der Waals surface area contributed by atoms with Crippen LogP contribution in [0.15, 0.2) is 12.4 Å². The van der Waals surface area contributed by atoms with Gasteiger partial charge in [-0.2, -0.15) is 5.10 Å². The van der Waals surface area contributed by atoms with Crippen molar-refractivity contribution in [3.05, 3.63) is 12.4 Å². The number of rotatable bonds is 4. The molecule has 0 aliphatic rings. The summed E-state index contributed by atoms with van der Waals surface area (Å²) in [4.78, 5) is 0. The van der Waals surface area contributed by atoms with Crippen molar-refractivity contribution in [1.82, 2.24) is 9.78 Å². The Balaban J connectivity index is 2.41. The monoisotopic (exact) mass is 170 g/mol. The molecule has 0 aromatic carbocycles. The molecule has 1 heterocycles. The Morgan fingerprint density at radius 2 is 2.50 bits per heavy atom. The Hall–Kier alpha value is -1.03. The summed E-state index contributed by atoms with van der Waals surface area (Å²) in [5.74, 6) is 0.706. The molecule has 0 aliphatic heterocycles. The average molecular weight is 170 g/mol. The fraction of sp³-hybridized carbons (Fsp3) is 0.625. The third kappa shape index (κ3) is 2.54. The lowest BCUT2D eigenvalue weighted by molar-refractivity contribution is 0.122. The Bertz CT molecular complexity index is 233. The van der Waals surface area contributed by atoms with E-state index in [4.69, 9.17) is 9.84 Å². The van der Waals surface area contributed by atoms with Crippen LogP contribution in [0, 0.1) is 0 Å². The molecule has 0 saturated heterocycles. The van der Waals surface area contributed by atoms with Crippen LogP contribution < -0.4 is 4.74 Å². The third-order valence-corrected chi connectivity index (χ3v) is 1.42. The van der Waals surface area contributed by atoms with Gasteiger partial charge >= 0.3 is 0 Å². The summed E-state index contributed by atoms with van der Waals surface area (Å²) in [6, 6.07) is 0. The van der Waals surface area contributed by atoms with Crippen molar-refractivity contribution in [3.8, 4) is 5.75 Å². The molecule has 0 radical (unpaired) electrons. The summed E-state index contributed by atoms with van der Waals surface area (Å²) in [6.07, 6.45) is 3.02. The third-order valence-electron chi connectivity index (χ3n) is 1.42. The van der Waals surface area contributed by atoms with E-state index in [0.29, 0.717) is 12.4 Å². The van der Waals surface area contributed by atoms with Gasteiger partial charge in [-0.1, -0.05) is 0 Å². The first-order valence-corrected chi connectivity index (χ1v) is 4.05. The zero-order valence-electron chi connectivity index (χ0n) is 7.40. The average Bonchev–Trinajstić information content (AvgIpc) is 2.48. The van der Waals surface area contributed by atoms with Gasteiger partial charge < -0.3 is 9.84 Å². The van der Waals surface area contributed by atoms with Crippen molar-refractivity contribution < 1.29 is 9.84 Å². The van der Waals surface area contributed by atoms with Crippen LogP contribution in [0.25, 0.3) is 0 Å². The van der Waals surface area contributed by atoms with E-state index >= 15 is 0 Å². The van der Waals surface area contributed by atoms with Crippen molar-refractivity contribution in [2.75, 3.05) is 6.61 Å². The van der Waals surface area contributed by atoms with Gasteiger partial charge in [-0.05, 0) is 13.8 Å². The van der Waals surface area contributed by atoms with Gasteiger partial charge in [0.2, 0.25) is 0 Å². The molecule has 68 valence electrons. The number of aryl methyl sites for hydroxylation is 1. The molecule has 1 unspecified atom stereocenters. The minimum absolute atomic E-state index is 0.315. The highest BCUT2D eigenvalue weighted by Gasteiger charge is 1.99. The number of aliphatic hydroxyl groups is 1. The quantitative estimate of drug-likeness (QED) is 0.722. The number of hydrogen-bond donors (Lipinski definition) is 1. The Morgan fingerprint density at radius 3 is 3.00 bits per heavy atom. The van der Waals surface area contributed by atoms with E-state index in [1.165, 1.54) is 0 Å². The standard InChI is InChI=1S/C8H14N2O2/c1-3-10-5-8(4-9-10)12-6-7(2)11/h4-5,7,11H,3,6H2,1-2H3. The van der Waals surface area contributed by atoms with Crippen LogP contribution in [0.2, 0.25) is 0 Å². The minimum atomic E-state index is -0.435. The maximum Gasteiger partial charge on any atom is 0.157 e. The number of ether oxygens (including phenoxy) is 1. The summed E-state index contributed by atoms with van der Waals surface area (Å²) in [7, 11) is 0. The fourth-order valence-electron chi connectivity index (χ4n) is 0.809. The zero-order chi connectivity index (χ0) is 8.97. The van der Waals surface area contributed by atoms with Crippen LogP contribution in [0.3, 0.4) is 0 Å². The highest BCUT2D eigenvalue weighted by atomic mass is 16.5. The largest absolute Gasteiger partial charge is 0.488 e. The van der Waals surface area contributed by atoms with Crippen LogP contribution in [-0.2, 0) is 6.54 Å². The fourth-order valence-corrected chi connectivity index (χ4v) is 0.809. The number of aliphatic hydroxyl groups excluding tert-OH is 1. The first-order chi connectivity index (χ1) is 5.72. The second-order valence-corrected chi connectivity index (χ2v) is 2.69. The van der Waals surface area contributed by atoms with Gasteiger partial charge in [0.05, 0.1) is 18.5 Å². The molecule has 1 rings (SSSR count). The highest BCUT2D eigenvalue weighted by Crippen LogP contribution is 2.07. The van der Waals surface area contributed by atoms with Gasteiger partial charge in [-0.25, -0.2) is 0 Å². The molecule has 12 heavy (non-hydrogen) atoms. The maximum absolute atomic E-state index is 8.93. The van der Waals surface area contributed by atoms with Crippen molar-refractivity contribution in [2.24, 2.45) is 0 Å². The molecule has 1 atom stereocenters. The molecule has 1 N–H and O–H groups in total. The molecule has 0 fully saturated rings. The molecule has 4 nitrogen and oxygen atoms in total. The summed E-state index contributed by atoms with van der Waals surface area (Å²) in [6.45, 7) is 4.84. The van der Waals surface area contributed by atoms with Crippen LogP contribution in [0.1, 0.15) is 13.8 Å². The lowest BCUT2D eigenvalue weighted by Gasteiger charge is -2.04. The molecule has 0 saturated carbocycles. The van der Waals surface area contributed by atoms with E-state index in [1.54, 1.807) is 17.8 Å². The molecule has 4 heteroatoms. The lowest BCUT2D eigenvalue weighted by atomic mass is 10.4. The molecule has 1 aromatic heterocycles. The smallest absolute Gasteiger partial charge is 0.157 e. The van der Waals surface area contributed by atoms with E-state index in [2.05, 4.69) is 5.10 Å².